The maximum atomic E-state index is 14.0. The molecule has 5 aromatic carbocycles. The molecule has 0 saturated heterocycles. The third-order valence-electron chi connectivity index (χ3n) is 7.01. The zero-order valence-corrected chi connectivity index (χ0v) is 21.3. The number of benzene rings is 5. The molecule has 0 unspecified atom stereocenters. The fraction of sp³-hybridized carbons (Fsp3) is 0. The standard InChI is InChI=1S/C34H22N4O2/c39-33-29-22-30-28(32(24-15-7-2-8-16-24)36-38(34(30)40)26-19-11-4-12-20-26)21-27(29)31(23-13-5-1-6-14-23)35-37(33)25-17-9-3-10-18-25/h1-22H. The smallest absolute Gasteiger partial charge is 0.267 e. The maximum absolute atomic E-state index is 14.0. The van der Waals surface area contributed by atoms with Crippen LogP contribution in [0.2, 0.25) is 0 Å². The molecule has 0 atom stereocenters. The first kappa shape index (κ1) is 23.5. The number of hydrogen-bond donors (Lipinski definition) is 0. The van der Waals surface area contributed by atoms with Crippen LogP contribution in [-0.4, -0.2) is 19.6 Å². The van der Waals surface area contributed by atoms with Crippen molar-refractivity contribution in [1.82, 2.24) is 19.6 Å². The summed E-state index contributed by atoms with van der Waals surface area (Å²) >= 11 is 0. The van der Waals surface area contributed by atoms with E-state index in [-0.39, 0.29) is 11.1 Å². The van der Waals surface area contributed by atoms with Crippen molar-refractivity contribution < 1.29 is 0 Å². The summed E-state index contributed by atoms with van der Waals surface area (Å²) in [5, 5.41) is 11.8. The highest BCUT2D eigenvalue weighted by molar-refractivity contribution is 6.07. The van der Waals surface area contributed by atoms with Crippen molar-refractivity contribution in [2.24, 2.45) is 0 Å². The predicted molar refractivity (Wildman–Crippen MR) is 159 cm³/mol. The Morgan fingerprint density at radius 1 is 0.400 bits per heavy atom. The highest BCUT2D eigenvalue weighted by atomic mass is 16.1. The Kier molecular flexibility index (Phi) is 5.64. The van der Waals surface area contributed by atoms with Crippen LogP contribution >= 0.6 is 0 Å². The third-order valence-corrected chi connectivity index (χ3v) is 7.01. The van der Waals surface area contributed by atoms with Crippen LogP contribution in [-0.2, 0) is 0 Å². The van der Waals surface area contributed by atoms with Gasteiger partial charge in [-0.05, 0) is 36.4 Å². The van der Waals surface area contributed by atoms with E-state index in [4.69, 9.17) is 10.2 Å². The van der Waals surface area contributed by atoms with Crippen molar-refractivity contribution in [3.63, 3.8) is 0 Å². The lowest BCUT2D eigenvalue weighted by Crippen LogP contribution is -2.24. The summed E-state index contributed by atoms with van der Waals surface area (Å²) in [7, 11) is 0. The zero-order chi connectivity index (χ0) is 27.1. The van der Waals surface area contributed by atoms with Crippen LogP contribution < -0.4 is 11.1 Å². The highest BCUT2D eigenvalue weighted by Gasteiger charge is 2.19. The van der Waals surface area contributed by atoms with Gasteiger partial charge in [0.25, 0.3) is 11.1 Å². The van der Waals surface area contributed by atoms with E-state index in [9.17, 15) is 9.59 Å². The van der Waals surface area contributed by atoms with Gasteiger partial charge in [-0.2, -0.15) is 19.6 Å². The van der Waals surface area contributed by atoms with E-state index in [2.05, 4.69) is 0 Å². The summed E-state index contributed by atoms with van der Waals surface area (Å²) in [6, 6.07) is 41.8. The van der Waals surface area contributed by atoms with E-state index in [1.165, 1.54) is 9.36 Å². The van der Waals surface area contributed by atoms with E-state index >= 15 is 0 Å². The summed E-state index contributed by atoms with van der Waals surface area (Å²) in [4.78, 5) is 27.9. The molecular formula is C34H22N4O2. The van der Waals surface area contributed by atoms with E-state index < -0.39 is 0 Å². The Hall–Kier alpha value is -5.62. The van der Waals surface area contributed by atoms with Crippen molar-refractivity contribution in [3.05, 3.63) is 154 Å². The first-order valence-corrected chi connectivity index (χ1v) is 12.9. The Bertz CT molecular complexity index is 1970. The summed E-state index contributed by atoms with van der Waals surface area (Å²) in [6.07, 6.45) is 0. The Labute approximate surface area is 229 Å². The number of aromatic nitrogens is 4. The Morgan fingerprint density at radius 2 is 0.725 bits per heavy atom. The van der Waals surface area contributed by atoms with Crippen molar-refractivity contribution >= 4 is 21.5 Å². The number of para-hydroxylation sites is 2. The van der Waals surface area contributed by atoms with E-state index in [1.807, 2.05) is 127 Å². The molecule has 0 aliphatic carbocycles. The molecule has 0 bridgehead atoms. The van der Waals surface area contributed by atoms with Gasteiger partial charge in [0.05, 0.1) is 33.5 Å². The minimum Gasteiger partial charge on any atom is -0.267 e. The third kappa shape index (κ3) is 3.90. The second-order valence-electron chi connectivity index (χ2n) is 9.48. The summed E-state index contributed by atoms with van der Waals surface area (Å²) in [6.45, 7) is 0. The van der Waals surface area contributed by atoms with Crippen molar-refractivity contribution in [2.45, 2.75) is 0 Å². The largest absolute Gasteiger partial charge is 0.279 e. The SMILES string of the molecule is O=c1c2cc3c(=O)n(-c4ccccc4)nc(-c4ccccc4)c3cc2c(-c2ccccc2)nn1-c1ccccc1. The van der Waals surface area contributed by atoms with Gasteiger partial charge in [-0.15, -0.1) is 0 Å². The fourth-order valence-electron chi connectivity index (χ4n) is 5.08. The van der Waals surface area contributed by atoms with Gasteiger partial charge >= 0.3 is 0 Å². The first-order chi connectivity index (χ1) is 19.7. The molecule has 2 aromatic heterocycles. The quantitative estimate of drug-likeness (QED) is 0.252. The van der Waals surface area contributed by atoms with Crippen LogP contribution in [0.3, 0.4) is 0 Å². The average Bonchev–Trinajstić information content (AvgIpc) is 3.03. The van der Waals surface area contributed by atoms with Crippen molar-refractivity contribution in [3.8, 4) is 33.9 Å². The van der Waals surface area contributed by atoms with Gasteiger partial charge in [0, 0.05) is 21.9 Å². The van der Waals surface area contributed by atoms with E-state index in [0.717, 1.165) is 11.1 Å². The van der Waals surface area contributed by atoms with Crippen LogP contribution in [0, 0.1) is 0 Å². The van der Waals surface area contributed by atoms with Crippen LogP contribution in [0.4, 0.5) is 0 Å². The van der Waals surface area contributed by atoms with Crippen molar-refractivity contribution in [2.75, 3.05) is 0 Å². The molecule has 0 amide bonds. The molecule has 0 fully saturated rings. The van der Waals surface area contributed by atoms with Gasteiger partial charge in [-0.25, -0.2) is 0 Å². The van der Waals surface area contributed by atoms with E-state index in [1.54, 1.807) is 6.07 Å². The van der Waals surface area contributed by atoms with Crippen LogP contribution in [0.25, 0.3) is 55.4 Å². The fourth-order valence-corrected chi connectivity index (χ4v) is 5.08. The van der Waals surface area contributed by atoms with Crippen molar-refractivity contribution in [1.29, 1.82) is 0 Å². The van der Waals surface area contributed by atoms with E-state index in [0.29, 0.717) is 44.3 Å². The molecule has 0 aliphatic rings. The monoisotopic (exact) mass is 518 g/mol. The molecule has 190 valence electrons. The van der Waals surface area contributed by atoms with Gasteiger partial charge < -0.3 is 0 Å². The lowest BCUT2D eigenvalue weighted by atomic mass is 9.98. The van der Waals surface area contributed by atoms with Crippen LogP contribution in [0.15, 0.2) is 143 Å². The zero-order valence-electron chi connectivity index (χ0n) is 21.3. The molecule has 0 spiro atoms. The number of nitrogens with zero attached hydrogens (tertiary/aromatic N) is 4. The molecule has 40 heavy (non-hydrogen) atoms. The molecule has 0 saturated carbocycles. The first-order valence-electron chi connectivity index (χ1n) is 12.9. The number of rotatable bonds is 4. The topological polar surface area (TPSA) is 69.8 Å². The Morgan fingerprint density at radius 3 is 1.10 bits per heavy atom. The summed E-state index contributed by atoms with van der Waals surface area (Å²) < 4.78 is 2.82. The van der Waals surface area contributed by atoms with Gasteiger partial charge in [-0.1, -0.05) is 97.1 Å². The maximum Gasteiger partial charge on any atom is 0.279 e. The lowest BCUT2D eigenvalue weighted by molar-refractivity contribution is 0.823. The number of hydrogen-bond acceptors (Lipinski definition) is 4. The van der Waals surface area contributed by atoms with Gasteiger partial charge in [0.15, 0.2) is 0 Å². The minimum absolute atomic E-state index is 0.300. The second-order valence-corrected chi connectivity index (χ2v) is 9.48. The summed E-state index contributed by atoms with van der Waals surface area (Å²) in [5.74, 6) is 0. The molecule has 0 radical (unpaired) electrons. The normalized spacial score (nSPS) is 11.2. The molecule has 0 aliphatic heterocycles. The predicted octanol–water partition coefficient (Wildman–Crippen LogP) is 6.42. The van der Waals surface area contributed by atoms with Gasteiger partial charge in [0.1, 0.15) is 0 Å². The molecule has 7 aromatic rings. The van der Waals surface area contributed by atoms with Crippen LogP contribution in [0.1, 0.15) is 0 Å². The van der Waals surface area contributed by atoms with Gasteiger partial charge in [0.2, 0.25) is 0 Å². The lowest BCUT2D eigenvalue weighted by Gasteiger charge is -2.15. The van der Waals surface area contributed by atoms with Crippen LogP contribution in [0.5, 0.6) is 0 Å². The Balaban J connectivity index is 1.65. The van der Waals surface area contributed by atoms with Gasteiger partial charge in [-0.3, -0.25) is 9.59 Å². The second kappa shape index (κ2) is 9.60. The molecule has 7 rings (SSSR count). The molecule has 6 heteroatoms. The minimum atomic E-state index is -0.300. The molecular weight excluding hydrogens is 496 g/mol. The highest BCUT2D eigenvalue weighted by Crippen LogP contribution is 2.32. The summed E-state index contributed by atoms with van der Waals surface area (Å²) in [5.41, 5.74) is 3.71. The molecule has 0 N–H and O–H groups in total. The molecule has 2 heterocycles. The number of fused-ring (bicyclic) bond motifs is 2. The average molecular weight is 519 g/mol. The molecule has 6 nitrogen and oxygen atoms in total.